The van der Waals surface area contributed by atoms with E-state index in [-0.39, 0.29) is 0 Å². The molecule has 15 heavy (non-hydrogen) atoms. The molecular weight excluding hydrogens is 186 g/mol. The SMILES string of the molecule is CC1CCCn2c(C3CCCN3)cnc21. The van der Waals surface area contributed by atoms with Crippen LogP contribution in [0.2, 0.25) is 0 Å². The van der Waals surface area contributed by atoms with Crippen LogP contribution in [0.4, 0.5) is 0 Å². The fourth-order valence-corrected chi connectivity index (χ4v) is 2.94. The summed E-state index contributed by atoms with van der Waals surface area (Å²) in [5.41, 5.74) is 1.43. The van der Waals surface area contributed by atoms with Crippen LogP contribution in [0, 0.1) is 0 Å². The van der Waals surface area contributed by atoms with Gasteiger partial charge in [0.2, 0.25) is 0 Å². The van der Waals surface area contributed by atoms with E-state index in [1.807, 2.05) is 0 Å². The van der Waals surface area contributed by atoms with E-state index in [1.54, 1.807) is 0 Å². The van der Waals surface area contributed by atoms with E-state index in [0.717, 1.165) is 0 Å². The van der Waals surface area contributed by atoms with E-state index in [2.05, 4.69) is 28.0 Å². The predicted molar refractivity (Wildman–Crippen MR) is 59.9 cm³/mol. The molecule has 2 atom stereocenters. The Morgan fingerprint density at radius 3 is 3.13 bits per heavy atom. The van der Waals surface area contributed by atoms with Crippen molar-refractivity contribution < 1.29 is 0 Å². The van der Waals surface area contributed by atoms with Crippen molar-refractivity contribution in [3.05, 3.63) is 17.7 Å². The largest absolute Gasteiger partial charge is 0.330 e. The van der Waals surface area contributed by atoms with Gasteiger partial charge in [-0.05, 0) is 32.2 Å². The van der Waals surface area contributed by atoms with E-state index in [9.17, 15) is 0 Å². The van der Waals surface area contributed by atoms with Gasteiger partial charge in [0, 0.05) is 18.5 Å². The van der Waals surface area contributed by atoms with Crippen molar-refractivity contribution in [2.24, 2.45) is 0 Å². The highest BCUT2D eigenvalue weighted by Gasteiger charge is 2.25. The zero-order chi connectivity index (χ0) is 10.3. The van der Waals surface area contributed by atoms with Crippen LogP contribution in [0.1, 0.15) is 56.1 Å². The minimum Gasteiger partial charge on any atom is -0.330 e. The summed E-state index contributed by atoms with van der Waals surface area (Å²) < 4.78 is 2.46. The molecule has 3 heterocycles. The molecular formula is C12H19N3. The average Bonchev–Trinajstić information content (AvgIpc) is 2.85. The standard InChI is InChI=1S/C12H19N3/c1-9-4-3-7-15-11(8-14-12(9)15)10-5-2-6-13-10/h8-10,13H,2-7H2,1H3. The summed E-state index contributed by atoms with van der Waals surface area (Å²) in [6, 6.07) is 0.566. The molecule has 3 rings (SSSR count). The molecule has 82 valence electrons. The Kier molecular flexibility index (Phi) is 2.28. The minimum atomic E-state index is 0.566. The maximum absolute atomic E-state index is 4.61. The summed E-state index contributed by atoms with van der Waals surface area (Å²) >= 11 is 0. The topological polar surface area (TPSA) is 29.9 Å². The van der Waals surface area contributed by atoms with Gasteiger partial charge in [0.05, 0.1) is 11.9 Å². The molecule has 1 fully saturated rings. The molecule has 1 saturated heterocycles. The van der Waals surface area contributed by atoms with Crippen LogP contribution in [0.15, 0.2) is 6.20 Å². The summed E-state index contributed by atoms with van der Waals surface area (Å²) in [4.78, 5) is 4.61. The Labute approximate surface area is 90.9 Å². The molecule has 1 aromatic heterocycles. The Morgan fingerprint density at radius 1 is 1.40 bits per heavy atom. The first-order chi connectivity index (χ1) is 7.36. The molecule has 3 nitrogen and oxygen atoms in total. The fourth-order valence-electron chi connectivity index (χ4n) is 2.94. The van der Waals surface area contributed by atoms with Gasteiger partial charge in [-0.1, -0.05) is 6.92 Å². The van der Waals surface area contributed by atoms with Crippen LogP contribution >= 0.6 is 0 Å². The van der Waals surface area contributed by atoms with Crippen molar-refractivity contribution in [1.82, 2.24) is 14.9 Å². The van der Waals surface area contributed by atoms with Crippen LogP contribution in [0.25, 0.3) is 0 Å². The third-order valence-electron chi connectivity index (χ3n) is 3.79. The van der Waals surface area contributed by atoms with Gasteiger partial charge < -0.3 is 9.88 Å². The van der Waals surface area contributed by atoms with E-state index >= 15 is 0 Å². The van der Waals surface area contributed by atoms with Gasteiger partial charge in [-0.15, -0.1) is 0 Å². The van der Waals surface area contributed by atoms with Gasteiger partial charge in [-0.25, -0.2) is 4.98 Å². The molecule has 0 saturated carbocycles. The fraction of sp³-hybridized carbons (Fsp3) is 0.750. The molecule has 0 aliphatic carbocycles. The highest BCUT2D eigenvalue weighted by molar-refractivity contribution is 5.15. The summed E-state index contributed by atoms with van der Waals surface area (Å²) in [5, 5.41) is 3.56. The van der Waals surface area contributed by atoms with Crippen LogP contribution in [0.5, 0.6) is 0 Å². The molecule has 0 radical (unpaired) electrons. The number of hydrogen-bond donors (Lipinski definition) is 1. The zero-order valence-electron chi connectivity index (χ0n) is 9.37. The molecule has 0 spiro atoms. The van der Waals surface area contributed by atoms with Crippen LogP contribution in [-0.2, 0) is 6.54 Å². The maximum Gasteiger partial charge on any atom is 0.111 e. The first-order valence-electron chi connectivity index (χ1n) is 6.15. The second-order valence-corrected chi connectivity index (χ2v) is 4.89. The van der Waals surface area contributed by atoms with E-state index < -0.39 is 0 Å². The second-order valence-electron chi connectivity index (χ2n) is 4.89. The van der Waals surface area contributed by atoms with Gasteiger partial charge in [0.1, 0.15) is 5.82 Å². The van der Waals surface area contributed by atoms with Crippen molar-refractivity contribution in [2.75, 3.05) is 6.54 Å². The Morgan fingerprint density at radius 2 is 2.33 bits per heavy atom. The first-order valence-corrected chi connectivity index (χ1v) is 6.15. The van der Waals surface area contributed by atoms with Crippen molar-refractivity contribution in [3.8, 4) is 0 Å². The van der Waals surface area contributed by atoms with Crippen LogP contribution < -0.4 is 5.32 Å². The maximum atomic E-state index is 4.61. The smallest absolute Gasteiger partial charge is 0.111 e. The lowest BCUT2D eigenvalue weighted by Gasteiger charge is -2.23. The van der Waals surface area contributed by atoms with Crippen LogP contribution in [-0.4, -0.2) is 16.1 Å². The Balaban J connectivity index is 1.95. The third-order valence-corrected chi connectivity index (χ3v) is 3.79. The number of hydrogen-bond acceptors (Lipinski definition) is 2. The lowest BCUT2D eigenvalue weighted by molar-refractivity contribution is 0.439. The van der Waals surface area contributed by atoms with E-state index in [0.29, 0.717) is 12.0 Å². The molecule has 2 aliphatic heterocycles. The Hall–Kier alpha value is -0.830. The molecule has 0 amide bonds. The van der Waals surface area contributed by atoms with Crippen molar-refractivity contribution in [1.29, 1.82) is 0 Å². The number of fused-ring (bicyclic) bond motifs is 1. The lowest BCUT2D eigenvalue weighted by atomic mass is 10.0. The van der Waals surface area contributed by atoms with E-state index in [1.165, 1.54) is 50.3 Å². The first kappa shape index (κ1) is 9.40. The Bertz CT molecular complexity index is 350. The van der Waals surface area contributed by atoms with Crippen LogP contribution in [0.3, 0.4) is 0 Å². The summed E-state index contributed by atoms with van der Waals surface area (Å²) in [6.45, 7) is 4.64. The van der Waals surface area contributed by atoms with E-state index in [4.69, 9.17) is 0 Å². The molecule has 1 N–H and O–H groups in total. The number of aromatic nitrogens is 2. The molecule has 0 bridgehead atoms. The molecule has 0 aromatic carbocycles. The van der Waals surface area contributed by atoms with Crippen molar-refractivity contribution >= 4 is 0 Å². The molecule has 3 heteroatoms. The van der Waals surface area contributed by atoms with Gasteiger partial charge in [-0.2, -0.15) is 0 Å². The average molecular weight is 205 g/mol. The minimum absolute atomic E-state index is 0.566. The summed E-state index contributed by atoms with van der Waals surface area (Å²) in [7, 11) is 0. The van der Waals surface area contributed by atoms with Gasteiger partial charge in [-0.3, -0.25) is 0 Å². The van der Waals surface area contributed by atoms with Gasteiger partial charge in [0.15, 0.2) is 0 Å². The van der Waals surface area contributed by atoms with Gasteiger partial charge in [0.25, 0.3) is 0 Å². The lowest BCUT2D eigenvalue weighted by Crippen LogP contribution is -2.21. The molecule has 1 aromatic rings. The normalized spacial score (nSPS) is 30.5. The third kappa shape index (κ3) is 1.49. The van der Waals surface area contributed by atoms with Crippen molar-refractivity contribution in [3.63, 3.8) is 0 Å². The quantitative estimate of drug-likeness (QED) is 0.761. The van der Waals surface area contributed by atoms with Crippen molar-refractivity contribution in [2.45, 2.75) is 51.1 Å². The number of rotatable bonds is 1. The highest BCUT2D eigenvalue weighted by Crippen LogP contribution is 2.31. The summed E-state index contributed by atoms with van der Waals surface area (Å²) in [5.74, 6) is 1.96. The molecule has 2 unspecified atom stereocenters. The highest BCUT2D eigenvalue weighted by atomic mass is 15.1. The summed E-state index contributed by atoms with van der Waals surface area (Å²) in [6.07, 6.45) is 7.29. The number of nitrogens with zero attached hydrogens (tertiary/aromatic N) is 2. The number of nitrogens with one attached hydrogen (secondary N) is 1. The predicted octanol–water partition coefficient (Wildman–Crippen LogP) is 2.20. The molecule has 2 aliphatic rings. The zero-order valence-corrected chi connectivity index (χ0v) is 9.37. The van der Waals surface area contributed by atoms with Gasteiger partial charge >= 0.3 is 0 Å². The monoisotopic (exact) mass is 205 g/mol. The number of imidazole rings is 1. The second kappa shape index (κ2) is 3.63.